The molecule has 0 N–H and O–H groups in total. The van der Waals surface area contributed by atoms with Crippen molar-refractivity contribution in [3.05, 3.63) is 18.2 Å². The number of likely N-dealkylation sites (tertiary alicyclic amines) is 1. The van der Waals surface area contributed by atoms with Crippen LogP contribution in [0.5, 0.6) is 5.75 Å². The van der Waals surface area contributed by atoms with Gasteiger partial charge in [0.2, 0.25) is 5.82 Å². The van der Waals surface area contributed by atoms with Gasteiger partial charge < -0.3 is 14.4 Å². The summed E-state index contributed by atoms with van der Waals surface area (Å²) in [5.74, 6) is 1.27. The molecule has 0 aliphatic carbocycles. The fraction of sp³-hybridized carbons (Fsp3) is 0.667. The maximum atomic E-state index is 12.4. The molecule has 2 unspecified atom stereocenters. The van der Waals surface area contributed by atoms with Crippen molar-refractivity contribution < 1.29 is 14.3 Å². The van der Waals surface area contributed by atoms with Crippen molar-refractivity contribution in [2.24, 2.45) is 5.92 Å². The fourth-order valence-corrected chi connectivity index (χ4v) is 3.18. The molecule has 114 valence electrons. The lowest BCUT2D eigenvalue weighted by Gasteiger charge is -2.23. The Morgan fingerprint density at radius 3 is 2.90 bits per heavy atom. The van der Waals surface area contributed by atoms with Crippen LogP contribution in [0, 0.1) is 5.92 Å². The largest absolute Gasteiger partial charge is 0.494 e. The second-order valence-corrected chi connectivity index (χ2v) is 5.90. The number of carbonyl (C=O) groups excluding carboxylic acids is 1. The van der Waals surface area contributed by atoms with Crippen molar-refractivity contribution in [2.45, 2.75) is 31.8 Å². The normalized spacial score (nSPS) is 28.3. The van der Waals surface area contributed by atoms with Crippen LogP contribution in [0.15, 0.2) is 12.4 Å². The lowest BCUT2D eigenvalue weighted by Crippen LogP contribution is -2.36. The minimum Gasteiger partial charge on any atom is -0.494 e. The van der Waals surface area contributed by atoms with Gasteiger partial charge in [-0.1, -0.05) is 13.3 Å². The Labute approximate surface area is 124 Å². The zero-order valence-corrected chi connectivity index (χ0v) is 12.5. The van der Waals surface area contributed by atoms with Gasteiger partial charge in [-0.05, 0) is 18.8 Å². The first kappa shape index (κ1) is 14.3. The number of carbonyl (C=O) groups is 1. The number of methoxy groups -OCH3 is 1. The first-order valence-electron chi connectivity index (χ1n) is 7.45. The van der Waals surface area contributed by atoms with Crippen LogP contribution >= 0.6 is 0 Å². The topological polar surface area (TPSA) is 64.5 Å². The summed E-state index contributed by atoms with van der Waals surface area (Å²) < 4.78 is 11.0. The van der Waals surface area contributed by atoms with Gasteiger partial charge in [0.05, 0.1) is 38.3 Å². The molecule has 0 saturated carbocycles. The van der Waals surface area contributed by atoms with Crippen LogP contribution in [0.2, 0.25) is 0 Å². The van der Waals surface area contributed by atoms with Gasteiger partial charge in [0.15, 0.2) is 5.75 Å². The Kier molecular flexibility index (Phi) is 3.80. The van der Waals surface area contributed by atoms with Crippen molar-refractivity contribution in [1.29, 1.82) is 0 Å². The van der Waals surface area contributed by atoms with Crippen LogP contribution < -0.4 is 4.74 Å². The number of amides is 1. The SMILES string of the molecule is CCC1COC2(CCN(C(=O)c3ncc(OC)cn3)C2)C1. The summed E-state index contributed by atoms with van der Waals surface area (Å²) in [6.07, 6.45) is 6.13. The monoisotopic (exact) mass is 291 g/mol. The predicted molar refractivity (Wildman–Crippen MR) is 76.2 cm³/mol. The Bertz CT molecular complexity index is 519. The third-order valence-corrected chi connectivity index (χ3v) is 4.52. The number of ether oxygens (including phenoxy) is 2. The molecule has 1 aromatic heterocycles. The average molecular weight is 291 g/mol. The average Bonchev–Trinajstić information content (AvgIpc) is 3.14. The molecule has 1 spiro atoms. The zero-order valence-electron chi connectivity index (χ0n) is 12.5. The molecule has 0 bridgehead atoms. The highest BCUT2D eigenvalue weighted by Gasteiger charge is 2.46. The molecule has 2 aliphatic heterocycles. The van der Waals surface area contributed by atoms with Gasteiger partial charge in [0.1, 0.15) is 0 Å². The van der Waals surface area contributed by atoms with E-state index < -0.39 is 0 Å². The number of aromatic nitrogens is 2. The van der Waals surface area contributed by atoms with Crippen molar-refractivity contribution in [1.82, 2.24) is 14.9 Å². The highest BCUT2D eigenvalue weighted by molar-refractivity contribution is 5.90. The molecule has 2 aliphatic rings. The first-order valence-corrected chi connectivity index (χ1v) is 7.45. The Morgan fingerprint density at radius 2 is 2.29 bits per heavy atom. The molecular formula is C15H21N3O3. The zero-order chi connectivity index (χ0) is 14.9. The molecule has 21 heavy (non-hydrogen) atoms. The Balaban J connectivity index is 1.66. The lowest BCUT2D eigenvalue weighted by molar-refractivity contribution is 0.0115. The summed E-state index contributed by atoms with van der Waals surface area (Å²) in [6.45, 7) is 4.37. The molecule has 3 heterocycles. The van der Waals surface area contributed by atoms with E-state index in [9.17, 15) is 4.79 Å². The van der Waals surface area contributed by atoms with E-state index in [0.717, 1.165) is 25.9 Å². The third-order valence-electron chi connectivity index (χ3n) is 4.52. The van der Waals surface area contributed by atoms with Crippen LogP contribution in [0.4, 0.5) is 0 Å². The smallest absolute Gasteiger partial charge is 0.291 e. The van der Waals surface area contributed by atoms with Gasteiger partial charge in [-0.25, -0.2) is 9.97 Å². The lowest BCUT2D eigenvalue weighted by atomic mass is 9.92. The number of hydrogen-bond donors (Lipinski definition) is 0. The van der Waals surface area contributed by atoms with E-state index in [1.54, 1.807) is 12.0 Å². The van der Waals surface area contributed by atoms with E-state index in [1.165, 1.54) is 12.4 Å². The Morgan fingerprint density at radius 1 is 1.52 bits per heavy atom. The molecule has 1 aromatic rings. The molecule has 0 aromatic carbocycles. The second kappa shape index (κ2) is 5.60. The first-order chi connectivity index (χ1) is 10.2. The summed E-state index contributed by atoms with van der Waals surface area (Å²) >= 11 is 0. The summed E-state index contributed by atoms with van der Waals surface area (Å²) in [7, 11) is 1.55. The van der Waals surface area contributed by atoms with Crippen molar-refractivity contribution in [3.8, 4) is 5.75 Å². The van der Waals surface area contributed by atoms with Gasteiger partial charge in [-0.15, -0.1) is 0 Å². The van der Waals surface area contributed by atoms with Gasteiger partial charge >= 0.3 is 0 Å². The van der Waals surface area contributed by atoms with Gasteiger partial charge in [-0.2, -0.15) is 0 Å². The molecule has 6 nitrogen and oxygen atoms in total. The maximum Gasteiger partial charge on any atom is 0.291 e. The summed E-state index contributed by atoms with van der Waals surface area (Å²) in [5.41, 5.74) is -0.136. The molecule has 3 rings (SSSR count). The van der Waals surface area contributed by atoms with Crippen LogP contribution in [0.3, 0.4) is 0 Å². The molecule has 2 saturated heterocycles. The van der Waals surface area contributed by atoms with E-state index in [-0.39, 0.29) is 17.3 Å². The van der Waals surface area contributed by atoms with E-state index in [2.05, 4.69) is 16.9 Å². The molecule has 1 amide bonds. The molecule has 6 heteroatoms. The fourth-order valence-electron chi connectivity index (χ4n) is 3.18. The van der Waals surface area contributed by atoms with E-state index in [0.29, 0.717) is 24.8 Å². The van der Waals surface area contributed by atoms with Gasteiger partial charge in [0.25, 0.3) is 5.91 Å². The molecular weight excluding hydrogens is 270 g/mol. The van der Waals surface area contributed by atoms with E-state index >= 15 is 0 Å². The van der Waals surface area contributed by atoms with Crippen molar-refractivity contribution in [3.63, 3.8) is 0 Å². The highest BCUT2D eigenvalue weighted by Crippen LogP contribution is 2.39. The summed E-state index contributed by atoms with van der Waals surface area (Å²) in [5, 5.41) is 0. The quantitative estimate of drug-likeness (QED) is 0.844. The van der Waals surface area contributed by atoms with Gasteiger partial charge in [0, 0.05) is 6.54 Å². The second-order valence-electron chi connectivity index (χ2n) is 5.90. The minimum absolute atomic E-state index is 0.127. The standard InChI is InChI=1S/C15H21N3O3/c1-3-11-6-15(21-9-11)4-5-18(10-15)14(19)13-16-7-12(20-2)8-17-13/h7-8,11H,3-6,9-10H2,1-2H3. The van der Waals surface area contributed by atoms with Crippen molar-refractivity contribution in [2.75, 3.05) is 26.8 Å². The Hall–Kier alpha value is -1.69. The molecule has 2 fully saturated rings. The minimum atomic E-state index is -0.136. The van der Waals surface area contributed by atoms with Crippen LogP contribution in [0.25, 0.3) is 0 Å². The third kappa shape index (κ3) is 2.72. The summed E-state index contributed by atoms with van der Waals surface area (Å²) in [6, 6.07) is 0. The van der Waals surface area contributed by atoms with Crippen molar-refractivity contribution >= 4 is 5.91 Å². The summed E-state index contributed by atoms with van der Waals surface area (Å²) in [4.78, 5) is 22.4. The number of hydrogen-bond acceptors (Lipinski definition) is 5. The predicted octanol–water partition coefficient (Wildman–Crippen LogP) is 1.52. The van der Waals surface area contributed by atoms with Crippen LogP contribution in [-0.2, 0) is 4.74 Å². The molecule has 2 atom stereocenters. The van der Waals surface area contributed by atoms with E-state index in [4.69, 9.17) is 9.47 Å². The number of nitrogens with zero attached hydrogens (tertiary/aromatic N) is 3. The highest BCUT2D eigenvalue weighted by atomic mass is 16.5. The van der Waals surface area contributed by atoms with Crippen LogP contribution in [0.1, 0.15) is 36.8 Å². The number of rotatable bonds is 3. The van der Waals surface area contributed by atoms with Crippen LogP contribution in [-0.4, -0.2) is 53.2 Å². The van der Waals surface area contributed by atoms with Gasteiger partial charge in [-0.3, -0.25) is 4.79 Å². The maximum absolute atomic E-state index is 12.4. The molecule has 0 radical (unpaired) electrons. The van der Waals surface area contributed by atoms with E-state index in [1.807, 2.05) is 0 Å².